The molecule has 2 unspecified atom stereocenters. The third kappa shape index (κ3) is 2.14. The molecule has 0 saturated heterocycles. The van der Waals surface area contributed by atoms with E-state index in [1.807, 2.05) is 0 Å². The van der Waals surface area contributed by atoms with Crippen LogP contribution in [0.25, 0.3) is 0 Å². The molecular formula is C7H9ClN2O2. The van der Waals surface area contributed by atoms with Crippen LogP contribution in [-0.4, -0.2) is 32.2 Å². The average molecular weight is 189 g/mol. The number of rotatable bonds is 3. The lowest BCUT2D eigenvalue weighted by Crippen LogP contribution is -2.20. The fourth-order valence-electron chi connectivity index (χ4n) is 0.745. The van der Waals surface area contributed by atoms with Gasteiger partial charge in [0.05, 0.1) is 23.9 Å². The Labute approximate surface area is 74.9 Å². The first-order valence-electron chi connectivity index (χ1n) is 3.43. The molecule has 0 aliphatic heterocycles. The molecule has 66 valence electrons. The predicted octanol–water partition coefficient (Wildman–Crippen LogP) is 0.110. The molecule has 0 aliphatic rings. The van der Waals surface area contributed by atoms with Gasteiger partial charge in [-0.05, 0) is 0 Å². The van der Waals surface area contributed by atoms with Crippen molar-refractivity contribution in [3.05, 3.63) is 24.3 Å². The number of aliphatic hydroxyl groups excluding tert-OH is 2. The Balaban J connectivity index is 2.71. The van der Waals surface area contributed by atoms with Gasteiger partial charge >= 0.3 is 0 Å². The van der Waals surface area contributed by atoms with Crippen molar-refractivity contribution in [2.24, 2.45) is 0 Å². The number of hydrogen-bond acceptors (Lipinski definition) is 4. The van der Waals surface area contributed by atoms with Crippen molar-refractivity contribution in [1.82, 2.24) is 9.97 Å². The maximum Gasteiger partial charge on any atom is 0.124 e. The second kappa shape index (κ2) is 4.35. The summed E-state index contributed by atoms with van der Waals surface area (Å²) < 4.78 is 0. The zero-order chi connectivity index (χ0) is 8.97. The van der Waals surface area contributed by atoms with Gasteiger partial charge in [0, 0.05) is 12.4 Å². The Hall–Kier alpha value is -0.710. The van der Waals surface area contributed by atoms with E-state index in [4.69, 9.17) is 16.7 Å². The smallest absolute Gasteiger partial charge is 0.124 e. The number of halogens is 1. The van der Waals surface area contributed by atoms with Crippen molar-refractivity contribution in [3.8, 4) is 0 Å². The van der Waals surface area contributed by atoms with Gasteiger partial charge in [0.15, 0.2) is 0 Å². The molecule has 2 N–H and O–H groups in total. The number of aliphatic hydroxyl groups is 2. The summed E-state index contributed by atoms with van der Waals surface area (Å²) in [6.45, 7) is 0. The van der Waals surface area contributed by atoms with E-state index in [-0.39, 0.29) is 5.88 Å². The van der Waals surface area contributed by atoms with Crippen molar-refractivity contribution in [1.29, 1.82) is 0 Å². The highest BCUT2D eigenvalue weighted by atomic mass is 35.5. The molecule has 1 aromatic rings. The van der Waals surface area contributed by atoms with Gasteiger partial charge in [0.2, 0.25) is 0 Å². The van der Waals surface area contributed by atoms with Gasteiger partial charge in [0.25, 0.3) is 0 Å². The molecule has 1 rings (SSSR count). The van der Waals surface area contributed by atoms with E-state index in [9.17, 15) is 5.11 Å². The molecule has 0 radical (unpaired) electrons. The highest BCUT2D eigenvalue weighted by molar-refractivity contribution is 6.18. The van der Waals surface area contributed by atoms with Crippen LogP contribution in [0.4, 0.5) is 0 Å². The number of alkyl halides is 1. The first-order valence-corrected chi connectivity index (χ1v) is 3.97. The van der Waals surface area contributed by atoms with Gasteiger partial charge in [0.1, 0.15) is 6.10 Å². The van der Waals surface area contributed by atoms with Gasteiger partial charge in [-0.3, -0.25) is 9.97 Å². The Kier molecular flexibility index (Phi) is 3.40. The number of nitrogens with zero attached hydrogens (tertiary/aromatic N) is 2. The maximum absolute atomic E-state index is 9.35. The lowest BCUT2D eigenvalue weighted by molar-refractivity contribution is 0.0297. The standard InChI is InChI=1S/C7H9ClN2O2/c8-3-6(11)7(12)5-4-9-1-2-10-5/h1-2,4,6-7,11-12H,3H2. The summed E-state index contributed by atoms with van der Waals surface area (Å²) >= 11 is 5.34. The molecule has 0 amide bonds. The minimum absolute atomic E-state index is 0.0300. The molecule has 0 spiro atoms. The van der Waals surface area contributed by atoms with Crippen molar-refractivity contribution in [2.75, 3.05) is 5.88 Å². The summed E-state index contributed by atoms with van der Waals surface area (Å²) in [6, 6.07) is 0. The lowest BCUT2D eigenvalue weighted by Gasteiger charge is -2.13. The van der Waals surface area contributed by atoms with Gasteiger partial charge in [-0.15, -0.1) is 11.6 Å². The monoisotopic (exact) mass is 188 g/mol. The molecule has 5 heteroatoms. The van der Waals surface area contributed by atoms with Crippen LogP contribution in [0.2, 0.25) is 0 Å². The molecule has 4 nitrogen and oxygen atoms in total. The van der Waals surface area contributed by atoms with Crippen LogP contribution in [0, 0.1) is 0 Å². The molecular weight excluding hydrogens is 180 g/mol. The second-order valence-corrected chi connectivity index (χ2v) is 2.61. The first kappa shape index (κ1) is 9.38. The summed E-state index contributed by atoms with van der Waals surface area (Å²) in [6.07, 6.45) is 2.27. The molecule has 0 saturated carbocycles. The third-order valence-electron chi connectivity index (χ3n) is 1.41. The minimum atomic E-state index is -1.06. The highest BCUT2D eigenvalue weighted by Gasteiger charge is 2.18. The maximum atomic E-state index is 9.35. The Morgan fingerprint density at radius 3 is 2.67 bits per heavy atom. The van der Waals surface area contributed by atoms with Gasteiger partial charge in [-0.1, -0.05) is 0 Å². The molecule has 0 aromatic carbocycles. The normalized spacial score (nSPS) is 15.6. The SMILES string of the molecule is OC(CCl)C(O)c1cnccn1. The molecule has 0 bridgehead atoms. The van der Waals surface area contributed by atoms with E-state index in [0.29, 0.717) is 5.69 Å². The lowest BCUT2D eigenvalue weighted by atomic mass is 10.2. The summed E-state index contributed by atoms with van der Waals surface area (Å²) in [4.78, 5) is 7.56. The van der Waals surface area contributed by atoms with Crippen LogP contribution in [0.3, 0.4) is 0 Å². The number of aromatic nitrogens is 2. The summed E-state index contributed by atoms with van der Waals surface area (Å²) in [5, 5.41) is 18.5. The van der Waals surface area contributed by atoms with E-state index in [2.05, 4.69) is 9.97 Å². The second-order valence-electron chi connectivity index (χ2n) is 2.30. The van der Waals surface area contributed by atoms with Gasteiger partial charge < -0.3 is 10.2 Å². The fourth-order valence-corrected chi connectivity index (χ4v) is 0.914. The summed E-state index contributed by atoms with van der Waals surface area (Å²) in [5.74, 6) is -0.0300. The molecule has 1 heterocycles. The van der Waals surface area contributed by atoms with Crippen molar-refractivity contribution < 1.29 is 10.2 Å². The van der Waals surface area contributed by atoms with E-state index in [1.165, 1.54) is 18.6 Å². The average Bonchev–Trinajstić information content (AvgIpc) is 2.17. The van der Waals surface area contributed by atoms with Gasteiger partial charge in [-0.25, -0.2) is 0 Å². The Morgan fingerprint density at radius 1 is 1.42 bits per heavy atom. The zero-order valence-electron chi connectivity index (χ0n) is 6.26. The number of hydrogen-bond donors (Lipinski definition) is 2. The third-order valence-corrected chi connectivity index (χ3v) is 1.72. The van der Waals surface area contributed by atoms with Crippen molar-refractivity contribution in [3.63, 3.8) is 0 Å². The van der Waals surface area contributed by atoms with E-state index in [0.717, 1.165) is 0 Å². The van der Waals surface area contributed by atoms with Crippen molar-refractivity contribution in [2.45, 2.75) is 12.2 Å². The van der Waals surface area contributed by atoms with Crippen LogP contribution in [-0.2, 0) is 0 Å². The summed E-state index contributed by atoms with van der Waals surface area (Å²) in [7, 11) is 0. The highest BCUT2D eigenvalue weighted by Crippen LogP contribution is 2.13. The van der Waals surface area contributed by atoms with E-state index < -0.39 is 12.2 Å². The van der Waals surface area contributed by atoms with Crippen molar-refractivity contribution >= 4 is 11.6 Å². The Morgan fingerprint density at radius 2 is 2.17 bits per heavy atom. The molecule has 2 atom stereocenters. The van der Waals surface area contributed by atoms with Gasteiger partial charge in [-0.2, -0.15) is 0 Å². The molecule has 1 aromatic heterocycles. The van der Waals surface area contributed by atoms with Crippen LogP contribution >= 0.6 is 11.6 Å². The largest absolute Gasteiger partial charge is 0.389 e. The zero-order valence-corrected chi connectivity index (χ0v) is 7.02. The predicted molar refractivity (Wildman–Crippen MR) is 43.7 cm³/mol. The van der Waals surface area contributed by atoms with Crippen LogP contribution in [0.5, 0.6) is 0 Å². The van der Waals surface area contributed by atoms with Crippen LogP contribution in [0.15, 0.2) is 18.6 Å². The molecule has 0 fully saturated rings. The molecule has 12 heavy (non-hydrogen) atoms. The Bertz CT molecular complexity index is 232. The molecule has 0 aliphatic carbocycles. The topological polar surface area (TPSA) is 66.2 Å². The van der Waals surface area contributed by atoms with Crippen LogP contribution < -0.4 is 0 Å². The summed E-state index contributed by atoms with van der Waals surface area (Å²) in [5.41, 5.74) is 0.325. The minimum Gasteiger partial charge on any atom is -0.389 e. The van der Waals surface area contributed by atoms with E-state index in [1.54, 1.807) is 0 Å². The fraction of sp³-hybridized carbons (Fsp3) is 0.429. The van der Waals surface area contributed by atoms with Crippen LogP contribution in [0.1, 0.15) is 11.8 Å². The first-order chi connectivity index (χ1) is 5.75. The quantitative estimate of drug-likeness (QED) is 0.661. The van der Waals surface area contributed by atoms with E-state index >= 15 is 0 Å².